The molecule has 1 atom stereocenters. The molecule has 0 aliphatic carbocycles. The fraction of sp³-hybridized carbons (Fsp3) is 0.333. The quantitative estimate of drug-likeness (QED) is 0.847. The van der Waals surface area contributed by atoms with Gasteiger partial charge in [0.2, 0.25) is 5.91 Å². The lowest BCUT2D eigenvalue weighted by Gasteiger charge is -2.35. The molecule has 3 rings (SSSR count). The molecule has 0 saturated heterocycles. The first kappa shape index (κ1) is 18.0. The summed E-state index contributed by atoms with van der Waals surface area (Å²) in [4.78, 5) is 13.3. The monoisotopic (exact) mass is 364 g/mol. The molecule has 1 aliphatic rings. The van der Waals surface area contributed by atoms with Crippen LogP contribution in [-0.2, 0) is 17.5 Å². The molecule has 1 aromatic heterocycles. The van der Waals surface area contributed by atoms with Crippen molar-refractivity contribution in [2.45, 2.75) is 19.6 Å². The zero-order valence-corrected chi connectivity index (χ0v) is 14.3. The lowest BCUT2D eigenvalue weighted by atomic mass is 10.1. The number of anilines is 2. The Bertz CT molecular complexity index is 811. The molecule has 0 saturated carbocycles. The first-order valence-electron chi connectivity index (χ1n) is 8.17. The number of carbonyl (C=O) groups is 1. The summed E-state index contributed by atoms with van der Waals surface area (Å²) in [6.45, 7) is 6.91. The zero-order valence-electron chi connectivity index (χ0n) is 14.3. The second-order valence-corrected chi connectivity index (χ2v) is 6.30. The van der Waals surface area contributed by atoms with Crippen LogP contribution in [0.1, 0.15) is 11.3 Å². The number of alkyl halides is 3. The lowest BCUT2D eigenvalue weighted by molar-refractivity contribution is -0.137. The number of benzene rings is 1. The maximum atomic E-state index is 12.8. The van der Waals surface area contributed by atoms with Crippen molar-refractivity contribution in [1.82, 2.24) is 15.1 Å². The normalized spacial score (nSPS) is 16.9. The number of aryl methyl sites for hydroxylation is 1. The second kappa shape index (κ2) is 6.86. The number of rotatable bonds is 4. The third-order valence-corrected chi connectivity index (χ3v) is 4.29. The van der Waals surface area contributed by atoms with E-state index < -0.39 is 11.7 Å². The van der Waals surface area contributed by atoms with Gasteiger partial charge in [-0.15, -0.1) is 0 Å². The van der Waals surface area contributed by atoms with Gasteiger partial charge in [0.25, 0.3) is 0 Å². The number of aromatic nitrogens is 2. The molecule has 0 spiro atoms. The highest BCUT2D eigenvalue weighted by Gasteiger charge is 2.31. The molecule has 2 heterocycles. The van der Waals surface area contributed by atoms with E-state index in [0.29, 0.717) is 25.3 Å². The number of hydrogen-bond donors (Lipinski definition) is 1. The fourth-order valence-corrected chi connectivity index (χ4v) is 3.05. The predicted octanol–water partition coefficient (Wildman–Crippen LogP) is 3.28. The Morgan fingerprint density at radius 2 is 2.04 bits per heavy atom. The number of hydrogen-bond acceptors (Lipinski definition) is 3. The topological polar surface area (TPSA) is 50.2 Å². The third-order valence-electron chi connectivity index (χ3n) is 4.29. The summed E-state index contributed by atoms with van der Waals surface area (Å²) < 4.78 is 40.2. The number of amides is 1. The van der Waals surface area contributed by atoms with Gasteiger partial charge in [-0.25, -0.2) is 4.68 Å². The van der Waals surface area contributed by atoms with Gasteiger partial charge in [-0.05, 0) is 37.3 Å². The van der Waals surface area contributed by atoms with Crippen LogP contribution >= 0.6 is 0 Å². The molecule has 0 fully saturated rings. The maximum absolute atomic E-state index is 12.8. The molecular formula is C18H19F3N4O. The standard InChI is InChI=1S/C18H19F3N4O/c1-3-16(26)22-9-13-10-24(17-8-12(2)23-25(17)11-13)15-6-4-14(5-7-15)18(19,20)21/h3-8,13H,1,9-11H2,2H3,(H,22,26). The number of nitrogens with one attached hydrogen (secondary N) is 1. The van der Waals surface area contributed by atoms with Gasteiger partial charge in [0.05, 0.1) is 11.3 Å². The van der Waals surface area contributed by atoms with E-state index in [4.69, 9.17) is 0 Å². The minimum absolute atomic E-state index is 0.0630. The van der Waals surface area contributed by atoms with Crippen molar-refractivity contribution < 1.29 is 18.0 Å². The highest BCUT2D eigenvalue weighted by Crippen LogP contribution is 2.34. The Labute approximate surface area is 149 Å². The summed E-state index contributed by atoms with van der Waals surface area (Å²) >= 11 is 0. The van der Waals surface area contributed by atoms with Crippen LogP contribution in [0.5, 0.6) is 0 Å². The van der Waals surface area contributed by atoms with E-state index in [-0.39, 0.29) is 11.8 Å². The van der Waals surface area contributed by atoms with Crippen molar-refractivity contribution >= 4 is 17.4 Å². The van der Waals surface area contributed by atoms with Crippen LogP contribution in [0.4, 0.5) is 24.7 Å². The average Bonchev–Trinajstić information content (AvgIpc) is 2.98. The minimum Gasteiger partial charge on any atom is -0.352 e. The molecule has 5 nitrogen and oxygen atoms in total. The summed E-state index contributed by atoms with van der Waals surface area (Å²) in [6.07, 6.45) is -3.16. The maximum Gasteiger partial charge on any atom is 0.416 e. The smallest absolute Gasteiger partial charge is 0.352 e. The van der Waals surface area contributed by atoms with E-state index in [1.807, 2.05) is 22.6 Å². The van der Waals surface area contributed by atoms with Gasteiger partial charge in [0, 0.05) is 37.3 Å². The Morgan fingerprint density at radius 1 is 1.35 bits per heavy atom. The SMILES string of the molecule is C=CC(=O)NCC1CN(c2ccc(C(F)(F)F)cc2)c2cc(C)nn2C1. The summed E-state index contributed by atoms with van der Waals surface area (Å²) in [6, 6.07) is 6.97. The first-order valence-corrected chi connectivity index (χ1v) is 8.17. The molecule has 1 N–H and O–H groups in total. The van der Waals surface area contributed by atoms with Crippen LogP contribution in [0.3, 0.4) is 0 Å². The first-order chi connectivity index (χ1) is 12.3. The fourth-order valence-electron chi connectivity index (χ4n) is 3.05. The third kappa shape index (κ3) is 3.74. The van der Waals surface area contributed by atoms with Gasteiger partial charge < -0.3 is 10.2 Å². The second-order valence-electron chi connectivity index (χ2n) is 6.30. The molecule has 1 aromatic carbocycles. The van der Waals surface area contributed by atoms with E-state index in [1.54, 1.807) is 0 Å². The lowest BCUT2D eigenvalue weighted by Crippen LogP contribution is -2.41. The van der Waals surface area contributed by atoms with Gasteiger partial charge in [-0.1, -0.05) is 6.58 Å². The van der Waals surface area contributed by atoms with Crippen LogP contribution in [0.25, 0.3) is 0 Å². The minimum atomic E-state index is -4.36. The van der Waals surface area contributed by atoms with Gasteiger partial charge in [-0.2, -0.15) is 18.3 Å². The van der Waals surface area contributed by atoms with E-state index in [1.165, 1.54) is 18.2 Å². The molecule has 1 unspecified atom stereocenters. The van der Waals surface area contributed by atoms with E-state index >= 15 is 0 Å². The van der Waals surface area contributed by atoms with E-state index in [0.717, 1.165) is 23.6 Å². The average molecular weight is 364 g/mol. The van der Waals surface area contributed by atoms with Gasteiger partial charge in [0.15, 0.2) is 0 Å². The Kier molecular flexibility index (Phi) is 4.76. The van der Waals surface area contributed by atoms with Crippen molar-refractivity contribution in [2.75, 3.05) is 18.0 Å². The Hall–Kier alpha value is -2.77. The van der Waals surface area contributed by atoms with Crippen molar-refractivity contribution in [3.8, 4) is 0 Å². The summed E-state index contributed by atoms with van der Waals surface area (Å²) in [5.41, 5.74) is 0.796. The van der Waals surface area contributed by atoms with Gasteiger partial charge in [0.1, 0.15) is 5.82 Å². The van der Waals surface area contributed by atoms with Gasteiger partial charge >= 0.3 is 6.18 Å². The predicted molar refractivity (Wildman–Crippen MR) is 92.1 cm³/mol. The Balaban J connectivity index is 1.86. The highest BCUT2D eigenvalue weighted by molar-refractivity contribution is 5.86. The van der Waals surface area contributed by atoms with Crippen molar-refractivity contribution in [1.29, 1.82) is 0 Å². The van der Waals surface area contributed by atoms with Crippen LogP contribution in [0, 0.1) is 12.8 Å². The molecule has 0 bridgehead atoms. The Morgan fingerprint density at radius 3 is 2.65 bits per heavy atom. The summed E-state index contributed by atoms with van der Waals surface area (Å²) in [5, 5.41) is 7.21. The molecular weight excluding hydrogens is 345 g/mol. The van der Waals surface area contributed by atoms with Crippen molar-refractivity contribution in [3.63, 3.8) is 0 Å². The van der Waals surface area contributed by atoms with Crippen molar-refractivity contribution in [2.24, 2.45) is 5.92 Å². The van der Waals surface area contributed by atoms with Crippen LogP contribution in [0.2, 0.25) is 0 Å². The van der Waals surface area contributed by atoms with E-state index in [2.05, 4.69) is 17.0 Å². The number of fused-ring (bicyclic) bond motifs is 1. The molecule has 26 heavy (non-hydrogen) atoms. The number of carbonyl (C=O) groups excluding carboxylic acids is 1. The zero-order chi connectivity index (χ0) is 18.9. The number of nitrogens with zero attached hydrogens (tertiary/aromatic N) is 3. The van der Waals surface area contributed by atoms with E-state index in [9.17, 15) is 18.0 Å². The van der Waals surface area contributed by atoms with Crippen molar-refractivity contribution in [3.05, 3.63) is 54.2 Å². The van der Waals surface area contributed by atoms with Gasteiger partial charge in [-0.3, -0.25) is 4.79 Å². The largest absolute Gasteiger partial charge is 0.416 e. The molecule has 1 aliphatic heterocycles. The molecule has 0 radical (unpaired) electrons. The van der Waals surface area contributed by atoms with Crippen LogP contribution in [0.15, 0.2) is 43.0 Å². The molecule has 2 aromatic rings. The van der Waals surface area contributed by atoms with Crippen LogP contribution in [-0.4, -0.2) is 28.8 Å². The molecule has 138 valence electrons. The molecule has 1 amide bonds. The highest BCUT2D eigenvalue weighted by atomic mass is 19.4. The summed E-state index contributed by atoms with van der Waals surface area (Å²) in [5.74, 6) is 0.634. The molecule has 8 heteroatoms. The van der Waals surface area contributed by atoms with Crippen LogP contribution < -0.4 is 10.2 Å². The number of halogens is 3. The summed E-state index contributed by atoms with van der Waals surface area (Å²) in [7, 11) is 0.